The fourth-order valence-electron chi connectivity index (χ4n) is 2.23. The Morgan fingerprint density at radius 2 is 2.44 bits per heavy atom. The van der Waals surface area contributed by atoms with E-state index in [-0.39, 0.29) is 18.0 Å². The van der Waals surface area contributed by atoms with E-state index in [0.29, 0.717) is 19.7 Å². The van der Waals surface area contributed by atoms with Gasteiger partial charge >= 0.3 is 0 Å². The van der Waals surface area contributed by atoms with Gasteiger partial charge in [0.15, 0.2) is 0 Å². The Balaban J connectivity index is 2.36. The van der Waals surface area contributed by atoms with Crippen molar-refractivity contribution in [3.8, 4) is 0 Å². The number of hydrogen-bond donors (Lipinski definition) is 3. The van der Waals surface area contributed by atoms with Gasteiger partial charge < -0.3 is 21.1 Å². The number of rotatable bonds is 7. The molecular formula is C12H26N4O2. The summed E-state index contributed by atoms with van der Waals surface area (Å²) in [5.41, 5.74) is 5.74. The second-order valence-electron chi connectivity index (χ2n) is 4.64. The summed E-state index contributed by atoms with van der Waals surface area (Å²) in [5, 5.41) is 6.24. The van der Waals surface area contributed by atoms with E-state index < -0.39 is 0 Å². The Morgan fingerprint density at radius 3 is 3.11 bits per heavy atom. The molecule has 1 fully saturated rings. The third kappa shape index (κ3) is 4.53. The van der Waals surface area contributed by atoms with Gasteiger partial charge in [0.2, 0.25) is 5.91 Å². The van der Waals surface area contributed by atoms with Crippen molar-refractivity contribution in [2.75, 3.05) is 46.4 Å². The minimum Gasteiger partial charge on any atom is -0.385 e. The maximum Gasteiger partial charge on any atom is 0.237 e. The molecule has 1 heterocycles. The number of carbonyl (C=O) groups excluding carboxylic acids is 1. The number of nitrogens with two attached hydrogens (primary N) is 1. The first-order valence-corrected chi connectivity index (χ1v) is 6.64. The molecule has 0 saturated carbocycles. The minimum atomic E-state index is -0.122. The van der Waals surface area contributed by atoms with Crippen LogP contribution in [0.5, 0.6) is 0 Å². The van der Waals surface area contributed by atoms with Crippen LogP contribution < -0.4 is 16.4 Å². The summed E-state index contributed by atoms with van der Waals surface area (Å²) < 4.78 is 4.95. The van der Waals surface area contributed by atoms with Gasteiger partial charge in [-0.2, -0.15) is 0 Å². The molecule has 1 rings (SSSR count). The second kappa shape index (κ2) is 8.42. The van der Waals surface area contributed by atoms with E-state index in [0.717, 1.165) is 26.1 Å². The third-order valence-electron chi connectivity index (χ3n) is 3.37. The second-order valence-corrected chi connectivity index (χ2v) is 4.64. The van der Waals surface area contributed by atoms with Gasteiger partial charge in [-0.25, -0.2) is 0 Å². The van der Waals surface area contributed by atoms with Gasteiger partial charge in [-0.1, -0.05) is 0 Å². The van der Waals surface area contributed by atoms with Crippen LogP contribution in [0.1, 0.15) is 13.3 Å². The van der Waals surface area contributed by atoms with Gasteiger partial charge in [-0.3, -0.25) is 9.69 Å². The highest BCUT2D eigenvalue weighted by Crippen LogP contribution is 2.07. The minimum absolute atomic E-state index is 0.0754. The van der Waals surface area contributed by atoms with Crippen molar-refractivity contribution >= 4 is 5.91 Å². The number of nitrogens with zero attached hydrogens (tertiary/aromatic N) is 1. The smallest absolute Gasteiger partial charge is 0.237 e. The topological polar surface area (TPSA) is 79.6 Å². The molecule has 0 aromatic carbocycles. The molecule has 2 atom stereocenters. The fraction of sp³-hybridized carbons (Fsp3) is 0.917. The number of carbonyl (C=O) groups is 1. The summed E-state index contributed by atoms with van der Waals surface area (Å²) in [5.74, 6) is 0.0754. The average Bonchev–Trinajstić information content (AvgIpc) is 2.42. The molecule has 0 aromatic heterocycles. The molecule has 0 aliphatic carbocycles. The van der Waals surface area contributed by atoms with Gasteiger partial charge in [-0.05, 0) is 13.3 Å². The molecule has 0 radical (unpaired) electrons. The molecule has 6 nitrogen and oxygen atoms in total. The van der Waals surface area contributed by atoms with E-state index in [4.69, 9.17) is 10.5 Å². The van der Waals surface area contributed by atoms with E-state index in [9.17, 15) is 4.79 Å². The number of amides is 1. The van der Waals surface area contributed by atoms with Crippen LogP contribution in [0.15, 0.2) is 0 Å². The van der Waals surface area contributed by atoms with Gasteiger partial charge in [0.25, 0.3) is 0 Å². The lowest BCUT2D eigenvalue weighted by Crippen LogP contribution is -2.60. The van der Waals surface area contributed by atoms with Crippen LogP contribution in [0.4, 0.5) is 0 Å². The van der Waals surface area contributed by atoms with Crippen LogP contribution in [0, 0.1) is 0 Å². The Hall–Kier alpha value is -0.690. The molecule has 4 N–H and O–H groups in total. The predicted octanol–water partition coefficient (Wildman–Crippen LogP) is -1.24. The maximum atomic E-state index is 12.0. The molecule has 2 unspecified atom stereocenters. The molecule has 106 valence electrons. The number of hydrogen-bond acceptors (Lipinski definition) is 5. The zero-order valence-electron chi connectivity index (χ0n) is 11.4. The normalized spacial score (nSPS) is 22.7. The molecular weight excluding hydrogens is 232 g/mol. The Labute approximate surface area is 109 Å². The molecule has 0 bridgehead atoms. The van der Waals surface area contributed by atoms with Crippen LogP contribution >= 0.6 is 0 Å². The van der Waals surface area contributed by atoms with Gasteiger partial charge in [0.1, 0.15) is 0 Å². The van der Waals surface area contributed by atoms with E-state index in [2.05, 4.69) is 15.5 Å². The Morgan fingerprint density at radius 1 is 1.67 bits per heavy atom. The monoisotopic (exact) mass is 258 g/mol. The number of methoxy groups -OCH3 is 1. The molecule has 1 aliphatic heterocycles. The largest absolute Gasteiger partial charge is 0.385 e. The van der Waals surface area contributed by atoms with Crippen LogP contribution in [-0.4, -0.2) is 69.3 Å². The SMILES string of the molecule is COCCCNC(=O)C(C)N1CCNCC1CN. The highest BCUT2D eigenvalue weighted by Gasteiger charge is 2.28. The summed E-state index contributed by atoms with van der Waals surface area (Å²) in [6, 6.07) is 0.127. The number of piperazine rings is 1. The first-order valence-electron chi connectivity index (χ1n) is 6.64. The summed E-state index contributed by atoms with van der Waals surface area (Å²) in [6.45, 7) is 6.50. The molecule has 0 spiro atoms. The van der Waals surface area contributed by atoms with E-state index >= 15 is 0 Å². The van der Waals surface area contributed by atoms with Crippen molar-refractivity contribution in [3.63, 3.8) is 0 Å². The zero-order chi connectivity index (χ0) is 13.4. The van der Waals surface area contributed by atoms with Crippen molar-refractivity contribution in [2.45, 2.75) is 25.4 Å². The van der Waals surface area contributed by atoms with Crippen LogP contribution in [0.25, 0.3) is 0 Å². The first-order chi connectivity index (χ1) is 8.70. The van der Waals surface area contributed by atoms with E-state index in [1.807, 2.05) is 6.92 Å². The first kappa shape index (κ1) is 15.4. The summed E-state index contributed by atoms with van der Waals surface area (Å²) >= 11 is 0. The van der Waals surface area contributed by atoms with Crippen molar-refractivity contribution in [1.29, 1.82) is 0 Å². The number of nitrogens with one attached hydrogen (secondary N) is 2. The molecule has 0 aromatic rings. The third-order valence-corrected chi connectivity index (χ3v) is 3.37. The van der Waals surface area contributed by atoms with Crippen LogP contribution in [-0.2, 0) is 9.53 Å². The Bertz CT molecular complexity index is 250. The fourth-order valence-corrected chi connectivity index (χ4v) is 2.23. The van der Waals surface area contributed by atoms with Gasteiger partial charge in [0, 0.05) is 52.5 Å². The lowest BCUT2D eigenvalue weighted by atomic mass is 10.1. The summed E-state index contributed by atoms with van der Waals surface area (Å²) in [7, 11) is 1.66. The van der Waals surface area contributed by atoms with Crippen molar-refractivity contribution in [3.05, 3.63) is 0 Å². The molecule has 18 heavy (non-hydrogen) atoms. The zero-order valence-corrected chi connectivity index (χ0v) is 11.4. The standard InChI is InChI=1S/C12H26N4O2/c1-10(12(17)15-4-3-7-18-2)16-6-5-14-9-11(16)8-13/h10-11,14H,3-9,13H2,1-2H3,(H,15,17). The molecule has 1 saturated heterocycles. The number of ether oxygens (including phenoxy) is 1. The molecule has 1 amide bonds. The van der Waals surface area contributed by atoms with E-state index in [1.165, 1.54) is 0 Å². The van der Waals surface area contributed by atoms with Crippen molar-refractivity contribution < 1.29 is 9.53 Å². The molecule has 6 heteroatoms. The van der Waals surface area contributed by atoms with Crippen molar-refractivity contribution in [1.82, 2.24) is 15.5 Å². The molecule has 1 aliphatic rings. The van der Waals surface area contributed by atoms with E-state index in [1.54, 1.807) is 7.11 Å². The average molecular weight is 258 g/mol. The quantitative estimate of drug-likeness (QED) is 0.498. The summed E-state index contributed by atoms with van der Waals surface area (Å²) in [4.78, 5) is 14.2. The highest BCUT2D eigenvalue weighted by atomic mass is 16.5. The van der Waals surface area contributed by atoms with Crippen LogP contribution in [0.2, 0.25) is 0 Å². The maximum absolute atomic E-state index is 12.0. The predicted molar refractivity (Wildman–Crippen MR) is 71.4 cm³/mol. The van der Waals surface area contributed by atoms with Crippen LogP contribution in [0.3, 0.4) is 0 Å². The van der Waals surface area contributed by atoms with Crippen molar-refractivity contribution in [2.24, 2.45) is 5.73 Å². The highest BCUT2D eigenvalue weighted by molar-refractivity contribution is 5.81. The summed E-state index contributed by atoms with van der Waals surface area (Å²) in [6.07, 6.45) is 0.844. The lowest BCUT2D eigenvalue weighted by Gasteiger charge is -2.38. The lowest BCUT2D eigenvalue weighted by molar-refractivity contribution is -0.127. The van der Waals surface area contributed by atoms with Gasteiger partial charge in [-0.15, -0.1) is 0 Å². The Kier molecular flexibility index (Phi) is 7.19. The van der Waals surface area contributed by atoms with Gasteiger partial charge in [0.05, 0.1) is 6.04 Å².